The van der Waals surface area contributed by atoms with Gasteiger partial charge < -0.3 is 24.4 Å². The van der Waals surface area contributed by atoms with E-state index in [0.29, 0.717) is 19.5 Å². The fraction of sp³-hybridized carbons (Fsp3) is 0.720. The van der Waals surface area contributed by atoms with Gasteiger partial charge in [-0.15, -0.1) is 0 Å². The van der Waals surface area contributed by atoms with Crippen molar-refractivity contribution >= 4 is 17.8 Å². The van der Waals surface area contributed by atoms with Crippen LogP contribution in [0.2, 0.25) is 0 Å². The van der Waals surface area contributed by atoms with E-state index in [4.69, 9.17) is 9.47 Å². The number of carbonyl (C=O) groups is 3. The molecule has 4 aliphatic rings. The second kappa shape index (κ2) is 9.58. The lowest BCUT2D eigenvalue weighted by atomic mass is 9.77. The molecule has 0 radical (unpaired) electrons. The topological polar surface area (TPSA) is 96.4 Å². The summed E-state index contributed by atoms with van der Waals surface area (Å²) in [6.07, 6.45) is 9.95. The van der Waals surface area contributed by atoms with Crippen molar-refractivity contribution in [2.45, 2.75) is 70.2 Å². The standard InChI is InChI=1S/C25H36N2O6/c1-4-6-12-26-13-9-11-25-20(19-18(33-25)10-7-8-14-32-24(19)31)22(29)27(21(25)23(26)30)17(15-28)16(3)5-2/h7,9-11,16-21,28H,4-6,8,12-15H2,1-3H3/t16-,17-,18+,19-,20-,21?,25-/m0/s1. The number of nitrogens with zero attached hydrogens (tertiary/aromatic N) is 2. The van der Waals surface area contributed by atoms with E-state index in [2.05, 4.69) is 6.92 Å². The van der Waals surface area contributed by atoms with Crippen LogP contribution in [0.25, 0.3) is 0 Å². The third-order valence-corrected chi connectivity index (χ3v) is 7.77. The van der Waals surface area contributed by atoms with E-state index in [1.807, 2.05) is 38.2 Å². The Morgan fingerprint density at radius 1 is 1.21 bits per heavy atom. The summed E-state index contributed by atoms with van der Waals surface area (Å²) < 4.78 is 12.0. The number of aliphatic hydroxyl groups excluding tert-OH is 1. The highest BCUT2D eigenvalue weighted by molar-refractivity contribution is 5.99. The lowest BCUT2D eigenvalue weighted by Gasteiger charge is -2.40. The third kappa shape index (κ3) is 3.81. The smallest absolute Gasteiger partial charge is 0.312 e. The third-order valence-electron chi connectivity index (χ3n) is 7.77. The van der Waals surface area contributed by atoms with Crippen molar-refractivity contribution < 1.29 is 29.0 Å². The molecule has 0 aromatic carbocycles. The summed E-state index contributed by atoms with van der Waals surface area (Å²) in [5.41, 5.74) is -1.26. The van der Waals surface area contributed by atoms with Gasteiger partial charge in [0.1, 0.15) is 17.6 Å². The summed E-state index contributed by atoms with van der Waals surface area (Å²) in [5.74, 6) is -2.67. The average molecular weight is 461 g/mol. The number of esters is 1. The maximum Gasteiger partial charge on any atom is 0.312 e. The van der Waals surface area contributed by atoms with Gasteiger partial charge in [-0.25, -0.2) is 0 Å². The van der Waals surface area contributed by atoms with Crippen molar-refractivity contribution in [1.82, 2.24) is 9.80 Å². The number of ether oxygens (including phenoxy) is 2. The molecule has 1 unspecified atom stereocenters. The minimum atomic E-state index is -1.26. The Balaban J connectivity index is 1.84. The molecule has 0 bridgehead atoms. The molecule has 0 aromatic heterocycles. The molecule has 7 atom stereocenters. The zero-order chi connectivity index (χ0) is 23.8. The molecule has 2 saturated heterocycles. The van der Waals surface area contributed by atoms with Crippen molar-refractivity contribution in [3.8, 4) is 0 Å². The summed E-state index contributed by atoms with van der Waals surface area (Å²) in [7, 11) is 0. The highest BCUT2D eigenvalue weighted by Crippen LogP contribution is 2.54. The van der Waals surface area contributed by atoms with Crippen LogP contribution in [-0.2, 0) is 23.9 Å². The van der Waals surface area contributed by atoms with Gasteiger partial charge in [-0.1, -0.05) is 57.9 Å². The Labute approximate surface area is 195 Å². The van der Waals surface area contributed by atoms with Gasteiger partial charge in [0.25, 0.3) is 0 Å². The van der Waals surface area contributed by atoms with E-state index in [0.717, 1.165) is 19.3 Å². The molecule has 2 fully saturated rings. The second-order valence-corrected chi connectivity index (χ2v) is 9.65. The predicted octanol–water partition coefficient (Wildman–Crippen LogP) is 1.68. The van der Waals surface area contributed by atoms with Crippen molar-refractivity contribution in [3.63, 3.8) is 0 Å². The quantitative estimate of drug-likeness (QED) is 0.459. The summed E-state index contributed by atoms with van der Waals surface area (Å²) in [6.45, 7) is 7.04. The molecule has 4 heterocycles. The Hall–Kier alpha value is -2.19. The Bertz CT molecular complexity index is 841. The zero-order valence-corrected chi connectivity index (χ0v) is 19.8. The summed E-state index contributed by atoms with van der Waals surface area (Å²) in [4.78, 5) is 44.4. The lowest BCUT2D eigenvalue weighted by Crippen LogP contribution is -2.59. The molecule has 0 saturated carbocycles. The molecule has 4 rings (SSSR count). The fourth-order valence-electron chi connectivity index (χ4n) is 5.81. The molecule has 33 heavy (non-hydrogen) atoms. The Morgan fingerprint density at radius 3 is 2.70 bits per heavy atom. The number of carbonyl (C=O) groups excluding carboxylic acids is 3. The number of unbranched alkanes of at least 4 members (excludes halogenated alkanes) is 1. The van der Waals surface area contributed by atoms with Gasteiger partial charge >= 0.3 is 5.97 Å². The largest absolute Gasteiger partial charge is 0.465 e. The predicted molar refractivity (Wildman–Crippen MR) is 121 cm³/mol. The molecule has 0 aliphatic carbocycles. The van der Waals surface area contributed by atoms with Crippen molar-refractivity contribution in [3.05, 3.63) is 24.3 Å². The van der Waals surface area contributed by atoms with E-state index in [9.17, 15) is 19.5 Å². The van der Waals surface area contributed by atoms with Crippen LogP contribution in [-0.4, -0.2) is 82.8 Å². The van der Waals surface area contributed by atoms with Crippen molar-refractivity contribution in [1.29, 1.82) is 0 Å². The highest BCUT2D eigenvalue weighted by atomic mass is 16.6. The van der Waals surface area contributed by atoms with E-state index >= 15 is 0 Å². The van der Waals surface area contributed by atoms with E-state index < -0.39 is 41.6 Å². The number of likely N-dealkylation sites (tertiary alicyclic amines) is 1. The normalized spacial score (nSPS) is 35.3. The van der Waals surface area contributed by atoms with Gasteiger partial charge in [0.2, 0.25) is 11.8 Å². The number of hydrogen-bond donors (Lipinski definition) is 1. The van der Waals surface area contributed by atoms with Crippen LogP contribution in [0.4, 0.5) is 0 Å². The molecular formula is C25H36N2O6. The number of hydrogen-bond acceptors (Lipinski definition) is 6. The van der Waals surface area contributed by atoms with Crippen LogP contribution in [0.3, 0.4) is 0 Å². The summed E-state index contributed by atoms with van der Waals surface area (Å²) >= 11 is 0. The maximum absolute atomic E-state index is 14.0. The van der Waals surface area contributed by atoms with Crippen LogP contribution in [0, 0.1) is 17.8 Å². The van der Waals surface area contributed by atoms with Gasteiger partial charge in [-0.2, -0.15) is 0 Å². The first-order valence-corrected chi connectivity index (χ1v) is 12.3. The molecule has 1 spiro atoms. The van der Waals surface area contributed by atoms with Crippen LogP contribution in [0.15, 0.2) is 24.3 Å². The molecular weight excluding hydrogens is 424 g/mol. The number of aliphatic hydroxyl groups is 1. The van der Waals surface area contributed by atoms with E-state index in [1.165, 1.54) is 0 Å². The highest BCUT2D eigenvalue weighted by Gasteiger charge is 2.72. The summed E-state index contributed by atoms with van der Waals surface area (Å²) in [5, 5.41) is 10.3. The van der Waals surface area contributed by atoms with Gasteiger partial charge in [-0.3, -0.25) is 14.4 Å². The molecule has 2 amide bonds. The second-order valence-electron chi connectivity index (χ2n) is 9.65. The average Bonchev–Trinajstić information content (AvgIpc) is 3.18. The van der Waals surface area contributed by atoms with Crippen LogP contribution in [0.1, 0.15) is 46.5 Å². The number of amides is 2. The molecule has 0 aromatic rings. The van der Waals surface area contributed by atoms with Crippen molar-refractivity contribution in [2.24, 2.45) is 17.8 Å². The SMILES string of the molecule is CCCCN1CC=C[C@]23O[C@@H]4C=CCCOC(=O)[C@@H]4[C@H]2C(=O)N([C@@H](CO)[C@@H](C)CC)C3C1=O. The van der Waals surface area contributed by atoms with Crippen molar-refractivity contribution in [2.75, 3.05) is 26.3 Å². The monoisotopic (exact) mass is 460 g/mol. The maximum atomic E-state index is 14.0. The number of rotatable bonds is 7. The van der Waals surface area contributed by atoms with Gasteiger partial charge in [-0.05, 0) is 18.8 Å². The first-order valence-electron chi connectivity index (χ1n) is 12.3. The molecule has 182 valence electrons. The number of fused-ring (bicyclic) bond motifs is 2. The lowest BCUT2D eigenvalue weighted by molar-refractivity contribution is -0.157. The van der Waals surface area contributed by atoms with Crippen LogP contribution >= 0.6 is 0 Å². The first kappa shape index (κ1) is 24.0. The van der Waals surface area contributed by atoms with Gasteiger partial charge in [0.05, 0.1) is 31.3 Å². The minimum Gasteiger partial charge on any atom is -0.465 e. The molecule has 8 nitrogen and oxygen atoms in total. The molecule has 8 heteroatoms. The van der Waals surface area contributed by atoms with E-state index in [1.54, 1.807) is 9.80 Å². The van der Waals surface area contributed by atoms with Crippen LogP contribution in [0.5, 0.6) is 0 Å². The number of cyclic esters (lactones) is 1. The van der Waals surface area contributed by atoms with Crippen LogP contribution < -0.4 is 0 Å². The fourth-order valence-corrected chi connectivity index (χ4v) is 5.81. The first-order chi connectivity index (χ1) is 15.9. The zero-order valence-electron chi connectivity index (χ0n) is 19.8. The Morgan fingerprint density at radius 2 is 2.00 bits per heavy atom. The van der Waals surface area contributed by atoms with Gasteiger partial charge in [0, 0.05) is 13.1 Å². The molecule has 1 N–H and O–H groups in total. The summed E-state index contributed by atoms with van der Waals surface area (Å²) in [6, 6.07) is -1.47. The van der Waals surface area contributed by atoms with Gasteiger partial charge in [0.15, 0.2) is 0 Å². The van der Waals surface area contributed by atoms with E-state index in [-0.39, 0.29) is 30.9 Å². The molecule has 4 aliphatic heterocycles. The Kier molecular flexibility index (Phi) is 6.96. The minimum absolute atomic E-state index is 0.0288.